The molecule has 1 N–H and O–H groups in total. The fourth-order valence-corrected chi connectivity index (χ4v) is 3.40. The molecule has 4 nitrogen and oxygen atoms in total. The Kier molecular flexibility index (Phi) is 4.44. The molecular weight excluding hydrogens is 354 g/mol. The van der Waals surface area contributed by atoms with Gasteiger partial charge in [-0.25, -0.2) is 4.98 Å². The summed E-state index contributed by atoms with van der Waals surface area (Å²) in [6.45, 7) is 0. The van der Waals surface area contributed by atoms with Gasteiger partial charge in [-0.3, -0.25) is 4.79 Å². The SMILES string of the molecule is COc1c(Br)cc(Cl)cc1-c1nc(CC(=O)O)cs1. The molecule has 7 heteroatoms. The molecule has 0 radical (unpaired) electrons. The number of carboxylic acids is 1. The van der Waals surface area contributed by atoms with E-state index in [1.54, 1.807) is 24.6 Å². The molecule has 0 aliphatic carbocycles. The first-order valence-corrected chi connectivity index (χ1v) is 7.26. The Bertz CT molecular complexity index is 629. The van der Waals surface area contributed by atoms with Crippen LogP contribution in [0.4, 0.5) is 0 Å². The molecule has 0 atom stereocenters. The molecule has 0 aliphatic rings. The molecule has 0 amide bonds. The second-order valence-electron chi connectivity index (χ2n) is 3.68. The average molecular weight is 363 g/mol. The summed E-state index contributed by atoms with van der Waals surface area (Å²) in [6, 6.07) is 3.48. The maximum absolute atomic E-state index is 10.7. The van der Waals surface area contributed by atoms with Crippen LogP contribution in [0, 0.1) is 0 Å². The molecule has 0 aliphatic heterocycles. The molecule has 1 aromatic carbocycles. The van der Waals surface area contributed by atoms with Crippen LogP contribution in [-0.4, -0.2) is 23.2 Å². The van der Waals surface area contributed by atoms with Crippen LogP contribution in [0.2, 0.25) is 5.02 Å². The molecule has 0 saturated carbocycles. The largest absolute Gasteiger partial charge is 0.495 e. The van der Waals surface area contributed by atoms with Gasteiger partial charge < -0.3 is 9.84 Å². The first-order chi connectivity index (χ1) is 9.01. The number of aliphatic carboxylic acids is 1. The van der Waals surface area contributed by atoms with E-state index in [2.05, 4.69) is 20.9 Å². The van der Waals surface area contributed by atoms with Crippen molar-refractivity contribution in [2.24, 2.45) is 0 Å². The molecule has 2 rings (SSSR count). The minimum atomic E-state index is -0.906. The van der Waals surface area contributed by atoms with Crippen molar-refractivity contribution in [1.29, 1.82) is 0 Å². The highest BCUT2D eigenvalue weighted by Gasteiger charge is 2.15. The number of halogens is 2. The van der Waals surface area contributed by atoms with Gasteiger partial charge in [-0.05, 0) is 28.1 Å². The third-order valence-electron chi connectivity index (χ3n) is 2.33. The third-order valence-corrected chi connectivity index (χ3v) is 4.06. The summed E-state index contributed by atoms with van der Waals surface area (Å²) in [6.07, 6.45) is -0.0967. The number of ether oxygens (including phenoxy) is 1. The highest BCUT2D eigenvalue weighted by atomic mass is 79.9. The van der Waals surface area contributed by atoms with Gasteiger partial charge in [-0.2, -0.15) is 0 Å². The molecule has 19 heavy (non-hydrogen) atoms. The monoisotopic (exact) mass is 361 g/mol. The van der Waals surface area contributed by atoms with Gasteiger partial charge >= 0.3 is 5.97 Å². The Hall–Kier alpha value is -1.11. The van der Waals surface area contributed by atoms with E-state index in [-0.39, 0.29) is 6.42 Å². The molecule has 0 saturated heterocycles. The Labute approximate surface area is 127 Å². The number of methoxy groups -OCH3 is 1. The number of carbonyl (C=O) groups is 1. The van der Waals surface area contributed by atoms with E-state index in [0.717, 1.165) is 10.0 Å². The van der Waals surface area contributed by atoms with Crippen molar-refractivity contribution in [3.05, 3.63) is 32.7 Å². The highest BCUT2D eigenvalue weighted by Crippen LogP contribution is 2.40. The van der Waals surface area contributed by atoms with Gasteiger partial charge in [0.2, 0.25) is 0 Å². The van der Waals surface area contributed by atoms with Gasteiger partial charge in [0.25, 0.3) is 0 Å². The van der Waals surface area contributed by atoms with Crippen molar-refractivity contribution < 1.29 is 14.6 Å². The first-order valence-electron chi connectivity index (χ1n) is 5.21. The van der Waals surface area contributed by atoms with Crippen LogP contribution in [0.5, 0.6) is 5.75 Å². The second kappa shape index (κ2) is 5.90. The van der Waals surface area contributed by atoms with Gasteiger partial charge in [0, 0.05) is 10.4 Å². The predicted molar refractivity (Wildman–Crippen MR) is 78.2 cm³/mol. The van der Waals surface area contributed by atoms with Gasteiger partial charge in [-0.1, -0.05) is 11.6 Å². The molecule has 1 aromatic heterocycles. The average Bonchev–Trinajstić information content (AvgIpc) is 2.75. The zero-order valence-electron chi connectivity index (χ0n) is 9.81. The lowest BCUT2D eigenvalue weighted by molar-refractivity contribution is -0.136. The van der Waals surface area contributed by atoms with Crippen LogP contribution < -0.4 is 4.74 Å². The molecule has 0 spiro atoms. The van der Waals surface area contributed by atoms with Crippen LogP contribution >= 0.6 is 38.9 Å². The number of aromatic nitrogens is 1. The summed E-state index contributed by atoms with van der Waals surface area (Å²) in [7, 11) is 1.56. The topological polar surface area (TPSA) is 59.4 Å². The normalized spacial score (nSPS) is 10.5. The number of hydrogen-bond acceptors (Lipinski definition) is 4. The number of rotatable bonds is 4. The predicted octanol–water partition coefficient (Wildman–Crippen LogP) is 3.86. The van der Waals surface area contributed by atoms with E-state index in [1.165, 1.54) is 11.3 Å². The maximum atomic E-state index is 10.7. The Morgan fingerprint density at radius 3 is 2.95 bits per heavy atom. The van der Waals surface area contributed by atoms with Crippen molar-refractivity contribution >= 4 is 44.8 Å². The summed E-state index contributed by atoms with van der Waals surface area (Å²) in [5.74, 6) is -0.281. The summed E-state index contributed by atoms with van der Waals surface area (Å²) in [5.41, 5.74) is 1.26. The standard InChI is InChI=1S/C12H9BrClNO3S/c1-18-11-8(2-6(14)3-9(11)13)12-15-7(5-19-12)4-10(16)17/h2-3,5H,4H2,1H3,(H,16,17). The second-order valence-corrected chi connectivity index (χ2v) is 5.83. The van der Waals surface area contributed by atoms with Crippen molar-refractivity contribution in [2.75, 3.05) is 7.11 Å². The van der Waals surface area contributed by atoms with E-state index in [9.17, 15) is 4.79 Å². The van der Waals surface area contributed by atoms with E-state index in [1.807, 2.05) is 0 Å². The Balaban J connectivity index is 2.46. The van der Waals surface area contributed by atoms with Crippen molar-refractivity contribution in [3.63, 3.8) is 0 Å². The summed E-state index contributed by atoms with van der Waals surface area (Å²) in [4.78, 5) is 14.9. The molecule has 2 aromatic rings. The van der Waals surface area contributed by atoms with Crippen molar-refractivity contribution in [1.82, 2.24) is 4.98 Å². The number of carboxylic acid groups (broad SMARTS) is 1. The zero-order valence-corrected chi connectivity index (χ0v) is 13.0. The van der Waals surface area contributed by atoms with E-state index in [4.69, 9.17) is 21.4 Å². The number of benzene rings is 1. The number of thiazole rings is 1. The van der Waals surface area contributed by atoms with Gasteiger partial charge in [0.15, 0.2) is 0 Å². The summed E-state index contributed by atoms with van der Waals surface area (Å²) in [5, 5.41) is 11.7. The van der Waals surface area contributed by atoms with E-state index in [0.29, 0.717) is 21.5 Å². The van der Waals surface area contributed by atoms with Crippen LogP contribution in [0.1, 0.15) is 5.69 Å². The van der Waals surface area contributed by atoms with Crippen molar-refractivity contribution in [3.8, 4) is 16.3 Å². The van der Waals surface area contributed by atoms with Gasteiger partial charge in [-0.15, -0.1) is 11.3 Å². The van der Waals surface area contributed by atoms with Gasteiger partial charge in [0.1, 0.15) is 10.8 Å². The quantitative estimate of drug-likeness (QED) is 0.897. The van der Waals surface area contributed by atoms with E-state index >= 15 is 0 Å². The fourth-order valence-electron chi connectivity index (χ4n) is 1.59. The smallest absolute Gasteiger partial charge is 0.309 e. The molecule has 0 unspecified atom stereocenters. The Morgan fingerprint density at radius 1 is 1.58 bits per heavy atom. The molecule has 0 bridgehead atoms. The lowest BCUT2D eigenvalue weighted by Crippen LogP contribution is -2.00. The van der Waals surface area contributed by atoms with Crippen LogP contribution in [-0.2, 0) is 11.2 Å². The zero-order chi connectivity index (χ0) is 14.0. The number of nitrogens with zero attached hydrogens (tertiary/aromatic N) is 1. The van der Waals surface area contributed by atoms with Crippen LogP contribution in [0.3, 0.4) is 0 Å². The first kappa shape index (κ1) is 14.3. The molecule has 1 heterocycles. The minimum absolute atomic E-state index is 0.0967. The summed E-state index contributed by atoms with van der Waals surface area (Å²) >= 11 is 10.8. The van der Waals surface area contributed by atoms with E-state index < -0.39 is 5.97 Å². The number of hydrogen-bond donors (Lipinski definition) is 1. The lowest BCUT2D eigenvalue weighted by atomic mass is 10.2. The Morgan fingerprint density at radius 2 is 2.32 bits per heavy atom. The molecule has 100 valence electrons. The van der Waals surface area contributed by atoms with Crippen LogP contribution in [0.15, 0.2) is 22.0 Å². The third kappa shape index (κ3) is 3.26. The van der Waals surface area contributed by atoms with Crippen LogP contribution in [0.25, 0.3) is 10.6 Å². The highest BCUT2D eigenvalue weighted by molar-refractivity contribution is 9.10. The fraction of sp³-hybridized carbons (Fsp3) is 0.167. The van der Waals surface area contributed by atoms with Gasteiger partial charge in [0.05, 0.1) is 29.3 Å². The molecule has 0 fully saturated rings. The summed E-state index contributed by atoms with van der Waals surface area (Å²) < 4.78 is 6.05. The molecular formula is C12H9BrClNO3S. The lowest BCUT2D eigenvalue weighted by Gasteiger charge is -2.09. The minimum Gasteiger partial charge on any atom is -0.495 e. The maximum Gasteiger partial charge on any atom is 0.309 e. The van der Waals surface area contributed by atoms with Crippen molar-refractivity contribution in [2.45, 2.75) is 6.42 Å².